The summed E-state index contributed by atoms with van der Waals surface area (Å²) in [6.45, 7) is 2.51. The van der Waals surface area contributed by atoms with Gasteiger partial charge < -0.3 is 19.5 Å². The van der Waals surface area contributed by atoms with Gasteiger partial charge in [0, 0.05) is 32.2 Å². The van der Waals surface area contributed by atoms with E-state index >= 15 is 0 Å². The zero-order chi connectivity index (χ0) is 13.1. The Kier molecular flexibility index (Phi) is 3.52. The minimum atomic E-state index is -0.911. The Hall–Kier alpha value is -2.02. The maximum atomic E-state index is 11.2. The molecule has 2 heterocycles. The predicted octanol–water partition coefficient (Wildman–Crippen LogP) is 0.141. The fourth-order valence-corrected chi connectivity index (χ4v) is 1.84. The van der Waals surface area contributed by atoms with E-state index in [0.29, 0.717) is 38.5 Å². The van der Waals surface area contributed by atoms with Gasteiger partial charge in [0.25, 0.3) is 0 Å². The van der Waals surface area contributed by atoms with Crippen molar-refractivity contribution in [2.45, 2.75) is 6.54 Å². The summed E-state index contributed by atoms with van der Waals surface area (Å²) in [5, 5.41) is 17.9. The van der Waals surface area contributed by atoms with Crippen molar-refractivity contribution >= 4 is 6.09 Å². The molecule has 1 fully saturated rings. The molecule has 0 aromatic carbocycles. The maximum Gasteiger partial charge on any atom is 0.407 e. The Morgan fingerprint density at radius 2 is 2.00 bits per heavy atom. The maximum absolute atomic E-state index is 11.2. The fraction of sp³-hybridized carbons (Fsp3) is 0.455. The molecule has 0 saturated carbocycles. The van der Waals surface area contributed by atoms with Crippen LogP contribution in [0.15, 0.2) is 21.5 Å². The lowest BCUT2D eigenvalue weighted by molar-refractivity contribution is 0.0994. The molecule has 0 atom stereocenters. The van der Waals surface area contributed by atoms with Gasteiger partial charge >= 0.3 is 6.09 Å². The summed E-state index contributed by atoms with van der Waals surface area (Å²) in [5.74, 6) is 0.0519. The number of carbonyl (C=O) groups is 1. The average molecular weight is 254 g/mol. The van der Waals surface area contributed by atoms with Crippen molar-refractivity contribution in [1.82, 2.24) is 9.80 Å². The molecular formula is C11H14N2O5. The number of piperazine rings is 1. The monoisotopic (exact) mass is 254 g/mol. The molecule has 0 bridgehead atoms. The van der Waals surface area contributed by atoms with Crippen LogP contribution in [0.25, 0.3) is 0 Å². The van der Waals surface area contributed by atoms with Crippen LogP contribution in [0.3, 0.4) is 0 Å². The van der Waals surface area contributed by atoms with Crippen LogP contribution in [0.1, 0.15) is 5.76 Å². The number of rotatable bonds is 2. The molecule has 1 aromatic rings. The Labute approximate surface area is 103 Å². The largest absolute Gasteiger partial charge is 0.502 e. The fourth-order valence-electron chi connectivity index (χ4n) is 1.84. The third-order valence-corrected chi connectivity index (χ3v) is 2.89. The molecule has 2 rings (SSSR count). The Morgan fingerprint density at radius 1 is 1.33 bits per heavy atom. The van der Waals surface area contributed by atoms with Gasteiger partial charge in [0.15, 0.2) is 5.75 Å². The first-order valence-corrected chi connectivity index (χ1v) is 5.57. The van der Waals surface area contributed by atoms with E-state index in [1.807, 2.05) is 4.90 Å². The molecule has 0 aliphatic carbocycles. The highest BCUT2D eigenvalue weighted by molar-refractivity contribution is 5.65. The number of hydrogen-bond donors (Lipinski definition) is 2. The van der Waals surface area contributed by atoms with Crippen LogP contribution in [-0.2, 0) is 6.54 Å². The third kappa shape index (κ3) is 2.80. The average Bonchev–Trinajstić information content (AvgIpc) is 2.34. The van der Waals surface area contributed by atoms with Crippen molar-refractivity contribution in [3.63, 3.8) is 0 Å². The molecule has 7 nitrogen and oxygen atoms in total. The second kappa shape index (κ2) is 5.09. The van der Waals surface area contributed by atoms with E-state index in [-0.39, 0.29) is 0 Å². The van der Waals surface area contributed by atoms with E-state index in [1.165, 1.54) is 11.0 Å². The summed E-state index contributed by atoms with van der Waals surface area (Å²) in [6, 6.07) is 1.25. The highest BCUT2D eigenvalue weighted by Gasteiger charge is 2.20. The van der Waals surface area contributed by atoms with Gasteiger partial charge in [0.1, 0.15) is 12.0 Å². The topological polar surface area (TPSA) is 94.2 Å². The van der Waals surface area contributed by atoms with Gasteiger partial charge in [-0.25, -0.2) is 4.79 Å². The SMILES string of the molecule is O=C(O)N1CCN(Cc2cc(=O)c(O)co2)CC1. The summed E-state index contributed by atoms with van der Waals surface area (Å²) in [7, 11) is 0. The summed E-state index contributed by atoms with van der Waals surface area (Å²) < 4.78 is 5.09. The van der Waals surface area contributed by atoms with E-state index in [4.69, 9.17) is 14.6 Å². The molecule has 0 radical (unpaired) electrons. The molecule has 1 saturated heterocycles. The van der Waals surface area contributed by atoms with Gasteiger partial charge in [-0.2, -0.15) is 0 Å². The van der Waals surface area contributed by atoms with Crippen LogP contribution in [-0.4, -0.2) is 52.3 Å². The first kappa shape index (κ1) is 12.4. The van der Waals surface area contributed by atoms with E-state index < -0.39 is 17.3 Å². The quantitative estimate of drug-likeness (QED) is 0.779. The zero-order valence-corrected chi connectivity index (χ0v) is 9.70. The van der Waals surface area contributed by atoms with E-state index in [2.05, 4.69) is 0 Å². The lowest BCUT2D eigenvalue weighted by Crippen LogP contribution is -2.47. The molecule has 2 N–H and O–H groups in total. The Morgan fingerprint density at radius 3 is 2.56 bits per heavy atom. The second-order valence-electron chi connectivity index (χ2n) is 4.14. The first-order valence-electron chi connectivity index (χ1n) is 5.57. The van der Waals surface area contributed by atoms with Crippen molar-refractivity contribution in [3.8, 4) is 5.75 Å². The van der Waals surface area contributed by atoms with Crippen LogP contribution in [0.2, 0.25) is 0 Å². The highest BCUT2D eigenvalue weighted by atomic mass is 16.4. The lowest BCUT2D eigenvalue weighted by Gasteiger charge is -2.32. The molecule has 7 heteroatoms. The Bertz CT molecular complexity index is 490. The first-order chi connectivity index (χ1) is 8.56. The second-order valence-corrected chi connectivity index (χ2v) is 4.14. The molecule has 1 amide bonds. The number of nitrogens with zero attached hydrogens (tertiary/aromatic N) is 2. The van der Waals surface area contributed by atoms with Crippen LogP contribution in [0.4, 0.5) is 4.79 Å². The molecule has 0 unspecified atom stereocenters. The van der Waals surface area contributed by atoms with Crippen molar-refractivity contribution in [2.24, 2.45) is 0 Å². The lowest BCUT2D eigenvalue weighted by atomic mass is 10.3. The minimum absolute atomic E-state index is 0.408. The summed E-state index contributed by atoms with van der Waals surface area (Å²) in [4.78, 5) is 25.3. The molecule has 0 spiro atoms. The molecule has 98 valence electrons. The third-order valence-electron chi connectivity index (χ3n) is 2.89. The van der Waals surface area contributed by atoms with Gasteiger partial charge in [-0.1, -0.05) is 0 Å². The van der Waals surface area contributed by atoms with Gasteiger partial charge in [-0.05, 0) is 0 Å². The summed E-state index contributed by atoms with van der Waals surface area (Å²) in [5.41, 5.74) is -0.472. The van der Waals surface area contributed by atoms with Gasteiger partial charge in [-0.3, -0.25) is 9.69 Å². The highest BCUT2D eigenvalue weighted by Crippen LogP contribution is 2.09. The summed E-state index contributed by atoms with van der Waals surface area (Å²) >= 11 is 0. The molecule has 18 heavy (non-hydrogen) atoms. The van der Waals surface area contributed by atoms with Crippen molar-refractivity contribution in [1.29, 1.82) is 0 Å². The van der Waals surface area contributed by atoms with Crippen LogP contribution < -0.4 is 5.43 Å². The summed E-state index contributed by atoms with van der Waals surface area (Å²) in [6.07, 6.45) is 0.108. The molecule has 1 aliphatic rings. The smallest absolute Gasteiger partial charge is 0.407 e. The minimum Gasteiger partial charge on any atom is -0.502 e. The van der Waals surface area contributed by atoms with E-state index in [0.717, 1.165) is 6.26 Å². The van der Waals surface area contributed by atoms with Crippen LogP contribution in [0.5, 0.6) is 5.75 Å². The number of aromatic hydroxyl groups is 1. The normalized spacial score (nSPS) is 16.8. The predicted molar refractivity (Wildman–Crippen MR) is 61.5 cm³/mol. The van der Waals surface area contributed by atoms with Crippen molar-refractivity contribution in [2.75, 3.05) is 26.2 Å². The molecular weight excluding hydrogens is 240 g/mol. The van der Waals surface area contributed by atoms with Crippen molar-refractivity contribution in [3.05, 3.63) is 28.3 Å². The van der Waals surface area contributed by atoms with Crippen LogP contribution >= 0.6 is 0 Å². The number of amides is 1. The number of hydrogen-bond acceptors (Lipinski definition) is 5. The Balaban J connectivity index is 1.93. The molecule has 1 aliphatic heterocycles. The standard InChI is InChI=1S/C11H14N2O5/c14-9-5-8(18-7-10(9)15)6-12-1-3-13(4-2-12)11(16)17/h5,7,15H,1-4,6H2,(H,16,17). The van der Waals surface area contributed by atoms with Gasteiger partial charge in [-0.15, -0.1) is 0 Å². The van der Waals surface area contributed by atoms with Gasteiger partial charge in [0.05, 0.1) is 6.54 Å². The molecule has 1 aromatic heterocycles. The van der Waals surface area contributed by atoms with Crippen LogP contribution in [0, 0.1) is 0 Å². The van der Waals surface area contributed by atoms with E-state index in [1.54, 1.807) is 0 Å². The zero-order valence-electron chi connectivity index (χ0n) is 9.70. The van der Waals surface area contributed by atoms with E-state index in [9.17, 15) is 9.59 Å². The number of carboxylic acid groups (broad SMARTS) is 1. The van der Waals surface area contributed by atoms with Crippen molar-refractivity contribution < 1.29 is 19.4 Å². The van der Waals surface area contributed by atoms with Gasteiger partial charge in [0.2, 0.25) is 5.43 Å².